The molecular formula is C15H22FNO2. The van der Waals surface area contributed by atoms with Crippen LogP contribution in [0.1, 0.15) is 31.4 Å². The zero-order valence-electron chi connectivity index (χ0n) is 11.6. The highest BCUT2D eigenvalue weighted by molar-refractivity contribution is 5.55. The molecule has 1 heterocycles. The van der Waals surface area contributed by atoms with E-state index in [4.69, 9.17) is 4.74 Å². The first-order valence-corrected chi connectivity index (χ1v) is 6.83. The van der Waals surface area contributed by atoms with Crippen molar-refractivity contribution in [2.24, 2.45) is 5.92 Å². The molecule has 1 aliphatic rings. The molecule has 1 aromatic carbocycles. The van der Waals surface area contributed by atoms with Crippen molar-refractivity contribution in [3.8, 4) is 0 Å². The minimum Gasteiger partial charge on any atom is -0.389 e. The van der Waals surface area contributed by atoms with E-state index >= 15 is 0 Å². The number of benzene rings is 1. The molecule has 2 atom stereocenters. The molecule has 1 fully saturated rings. The first-order valence-electron chi connectivity index (χ1n) is 6.83. The zero-order chi connectivity index (χ0) is 13.8. The van der Waals surface area contributed by atoms with Crippen LogP contribution in [0.5, 0.6) is 0 Å². The van der Waals surface area contributed by atoms with Gasteiger partial charge in [-0.25, -0.2) is 4.39 Å². The zero-order valence-corrected chi connectivity index (χ0v) is 11.6. The van der Waals surface area contributed by atoms with Gasteiger partial charge in [0.25, 0.3) is 0 Å². The van der Waals surface area contributed by atoms with Crippen molar-refractivity contribution in [1.82, 2.24) is 0 Å². The van der Waals surface area contributed by atoms with Crippen LogP contribution in [0.15, 0.2) is 18.2 Å². The summed E-state index contributed by atoms with van der Waals surface area (Å²) in [5, 5.41) is 9.79. The van der Waals surface area contributed by atoms with E-state index in [1.807, 2.05) is 6.07 Å². The number of aliphatic hydroxyl groups excluding tert-OH is 1. The largest absolute Gasteiger partial charge is 0.389 e. The Bertz CT molecular complexity index is 421. The average Bonchev–Trinajstić information content (AvgIpc) is 2.38. The maximum Gasteiger partial charge on any atom is 0.131 e. The fourth-order valence-electron chi connectivity index (χ4n) is 2.87. The van der Waals surface area contributed by atoms with Gasteiger partial charge in [0.15, 0.2) is 0 Å². The second kappa shape index (κ2) is 6.35. The molecule has 0 aromatic heterocycles. The monoisotopic (exact) mass is 267 g/mol. The number of hydrogen-bond acceptors (Lipinski definition) is 3. The summed E-state index contributed by atoms with van der Waals surface area (Å²) in [6.45, 7) is 4.11. The molecule has 1 aliphatic heterocycles. The molecule has 1 saturated heterocycles. The molecule has 4 heteroatoms. The van der Waals surface area contributed by atoms with Crippen molar-refractivity contribution in [3.63, 3.8) is 0 Å². The minimum absolute atomic E-state index is 0.332. The summed E-state index contributed by atoms with van der Waals surface area (Å²) in [6.07, 6.45) is 1.42. The summed E-state index contributed by atoms with van der Waals surface area (Å²) >= 11 is 0. The van der Waals surface area contributed by atoms with Gasteiger partial charge in [-0.2, -0.15) is 0 Å². The van der Waals surface area contributed by atoms with Crippen LogP contribution in [0.2, 0.25) is 0 Å². The fourth-order valence-corrected chi connectivity index (χ4v) is 2.87. The number of rotatable bonds is 4. The van der Waals surface area contributed by atoms with Crippen LogP contribution < -0.4 is 4.90 Å². The van der Waals surface area contributed by atoms with Gasteiger partial charge in [0.1, 0.15) is 5.82 Å². The summed E-state index contributed by atoms with van der Waals surface area (Å²) in [6, 6.07) is 5.00. The van der Waals surface area contributed by atoms with E-state index in [9.17, 15) is 9.50 Å². The van der Waals surface area contributed by atoms with Crippen LogP contribution in [0, 0.1) is 11.7 Å². The lowest BCUT2D eigenvalue weighted by molar-refractivity contribution is 0.143. The molecule has 0 bridgehead atoms. The Kier molecular flexibility index (Phi) is 4.77. The van der Waals surface area contributed by atoms with Crippen molar-refractivity contribution in [2.45, 2.75) is 25.9 Å². The second-order valence-corrected chi connectivity index (χ2v) is 5.26. The summed E-state index contributed by atoms with van der Waals surface area (Å²) in [5.74, 6) is 0.144. The molecule has 106 valence electrons. The number of halogens is 1. The molecule has 0 amide bonds. The Morgan fingerprint density at radius 3 is 3.00 bits per heavy atom. The number of piperidine rings is 1. The van der Waals surface area contributed by atoms with Crippen LogP contribution in [0.3, 0.4) is 0 Å². The van der Waals surface area contributed by atoms with Crippen molar-refractivity contribution in [2.75, 3.05) is 31.7 Å². The molecule has 0 radical (unpaired) electrons. The Hall–Kier alpha value is -1.13. The number of hydrogen-bond donors (Lipinski definition) is 1. The Morgan fingerprint density at radius 2 is 2.32 bits per heavy atom. The van der Waals surface area contributed by atoms with Crippen molar-refractivity contribution >= 4 is 5.69 Å². The molecule has 0 saturated carbocycles. The van der Waals surface area contributed by atoms with Gasteiger partial charge in [0.05, 0.1) is 12.7 Å². The van der Waals surface area contributed by atoms with E-state index in [1.165, 1.54) is 6.07 Å². The highest BCUT2D eigenvalue weighted by Crippen LogP contribution is 2.31. The summed E-state index contributed by atoms with van der Waals surface area (Å²) in [7, 11) is 1.71. The van der Waals surface area contributed by atoms with Crippen LogP contribution >= 0.6 is 0 Å². The lowest BCUT2D eigenvalue weighted by Crippen LogP contribution is -2.37. The quantitative estimate of drug-likeness (QED) is 0.910. The second-order valence-electron chi connectivity index (χ2n) is 5.26. The van der Waals surface area contributed by atoms with E-state index in [1.54, 1.807) is 20.1 Å². The molecular weight excluding hydrogens is 245 g/mol. The summed E-state index contributed by atoms with van der Waals surface area (Å²) in [4.78, 5) is 2.16. The number of aliphatic hydroxyl groups is 1. The van der Waals surface area contributed by atoms with Gasteiger partial charge < -0.3 is 14.7 Å². The van der Waals surface area contributed by atoms with E-state index < -0.39 is 6.10 Å². The maximum absolute atomic E-state index is 13.9. The van der Waals surface area contributed by atoms with Crippen molar-refractivity contribution < 1.29 is 14.2 Å². The first kappa shape index (κ1) is 14.3. The van der Waals surface area contributed by atoms with Gasteiger partial charge in [-0.05, 0) is 37.8 Å². The first-order chi connectivity index (χ1) is 9.13. The number of anilines is 1. The van der Waals surface area contributed by atoms with Gasteiger partial charge in [-0.15, -0.1) is 0 Å². The highest BCUT2D eigenvalue weighted by atomic mass is 19.1. The van der Waals surface area contributed by atoms with Crippen LogP contribution in [0.25, 0.3) is 0 Å². The standard InChI is InChI=1S/C15H22FNO2/c1-11(18)15-13(16)6-3-7-14(15)17-8-4-5-12(9-17)10-19-2/h3,6-7,11-12,18H,4-5,8-10H2,1-2H3. The third-order valence-corrected chi connectivity index (χ3v) is 3.71. The molecule has 0 spiro atoms. The predicted molar refractivity (Wildman–Crippen MR) is 73.8 cm³/mol. The van der Waals surface area contributed by atoms with Crippen molar-refractivity contribution in [1.29, 1.82) is 0 Å². The normalized spacial score (nSPS) is 21.5. The molecule has 0 aliphatic carbocycles. The Morgan fingerprint density at radius 1 is 1.53 bits per heavy atom. The van der Waals surface area contributed by atoms with Crippen LogP contribution in [0.4, 0.5) is 10.1 Å². The van der Waals surface area contributed by atoms with Gasteiger partial charge in [0.2, 0.25) is 0 Å². The van der Waals surface area contributed by atoms with Gasteiger partial charge in [-0.1, -0.05) is 6.07 Å². The van der Waals surface area contributed by atoms with Gasteiger partial charge in [0, 0.05) is 31.5 Å². The third-order valence-electron chi connectivity index (χ3n) is 3.71. The number of nitrogens with zero attached hydrogens (tertiary/aromatic N) is 1. The molecule has 1 aromatic rings. The summed E-state index contributed by atoms with van der Waals surface area (Å²) in [5.41, 5.74) is 1.22. The minimum atomic E-state index is -0.793. The fraction of sp³-hybridized carbons (Fsp3) is 0.600. The van der Waals surface area contributed by atoms with Crippen LogP contribution in [-0.2, 0) is 4.74 Å². The third kappa shape index (κ3) is 3.25. The topological polar surface area (TPSA) is 32.7 Å². The number of ether oxygens (including phenoxy) is 1. The lowest BCUT2D eigenvalue weighted by Gasteiger charge is -2.35. The van der Waals surface area contributed by atoms with E-state index in [-0.39, 0.29) is 5.82 Å². The van der Waals surface area contributed by atoms with E-state index in [0.717, 1.165) is 38.2 Å². The smallest absolute Gasteiger partial charge is 0.131 e. The van der Waals surface area contributed by atoms with Crippen LogP contribution in [-0.4, -0.2) is 31.9 Å². The number of methoxy groups -OCH3 is 1. The highest BCUT2D eigenvalue weighted by Gasteiger charge is 2.24. The van der Waals surface area contributed by atoms with Crippen molar-refractivity contribution in [3.05, 3.63) is 29.6 Å². The maximum atomic E-state index is 13.9. The Balaban J connectivity index is 2.23. The predicted octanol–water partition coefficient (Wildman–Crippen LogP) is 2.74. The van der Waals surface area contributed by atoms with E-state index in [0.29, 0.717) is 11.5 Å². The lowest BCUT2D eigenvalue weighted by atomic mass is 9.97. The molecule has 2 rings (SSSR count). The average molecular weight is 267 g/mol. The Labute approximate surface area is 114 Å². The molecule has 3 nitrogen and oxygen atoms in total. The van der Waals surface area contributed by atoms with E-state index in [2.05, 4.69) is 4.90 Å². The molecule has 2 unspecified atom stereocenters. The molecule has 1 N–H and O–H groups in total. The summed E-state index contributed by atoms with van der Waals surface area (Å²) < 4.78 is 19.1. The SMILES string of the molecule is COCC1CCCN(c2cccc(F)c2C(C)O)C1. The molecule has 19 heavy (non-hydrogen) atoms. The van der Waals surface area contributed by atoms with Gasteiger partial charge in [-0.3, -0.25) is 0 Å². The van der Waals surface area contributed by atoms with Gasteiger partial charge >= 0.3 is 0 Å².